The van der Waals surface area contributed by atoms with Crippen LogP contribution >= 0.6 is 11.8 Å². The summed E-state index contributed by atoms with van der Waals surface area (Å²) in [4.78, 5) is 41.5. The standard InChI is InChI=1S/C25H21N5O5S/c1-3-21(31)28-18-8-6-5-7-17(18)22-23(32)26-25(36-4-2)27-29(22)24(28)20-14-13-19(35-20)15-9-11-16(12-10-15)30(33)34/h5-14,24H,3-4H2,1-2H3/p+1. The maximum atomic E-state index is 13.3. The van der Waals surface area contributed by atoms with Gasteiger partial charge in [-0.15, -0.1) is 0 Å². The first-order valence-corrected chi connectivity index (χ1v) is 12.4. The molecule has 1 N–H and O–H groups in total. The number of non-ortho nitro benzene ring substituents is 1. The molecule has 2 aromatic carbocycles. The zero-order chi connectivity index (χ0) is 25.4. The zero-order valence-corrected chi connectivity index (χ0v) is 20.3. The minimum absolute atomic E-state index is 0.0250. The van der Waals surface area contributed by atoms with Gasteiger partial charge in [-0.05, 0) is 46.8 Å². The van der Waals surface area contributed by atoms with Crippen molar-refractivity contribution in [2.24, 2.45) is 0 Å². The van der Waals surface area contributed by atoms with Crippen molar-refractivity contribution in [3.63, 3.8) is 0 Å². The van der Waals surface area contributed by atoms with Crippen LogP contribution in [0.15, 0.2) is 75.0 Å². The lowest BCUT2D eigenvalue weighted by Gasteiger charge is -2.30. The molecule has 4 aromatic rings. The van der Waals surface area contributed by atoms with Crippen LogP contribution in [0.2, 0.25) is 0 Å². The van der Waals surface area contributed by atoms with Gasteiger partial charge in [0, 0.05) is 29.2 Å². The third-order valence-electron chi connectivity index (χ3n) is 5.85. The molecule has 1 aliphatic rings. The number of fused-ring (bicyclic) bond motifs is 3. The Morgan fingerprint density at radius 3 is 2.61 bits per heavy atom. The second-order valence-electron chi connectivity index (χ2n) is 8.00. The van der Waals surface area contributed by atoms with E-state index in [4.69, 9.17) is 9.52 Å². The number of furan rings is 1. The molecule has 3 heterocycles. The Bertz CT molecular complexity index is 1530. The highest BCUT2D eigenvalue weighted by molar-refractivity contribution is 7.99. The lowest BCUT2D eigenvalue weighted by Crippen LogP contribution is -2.60. The summed E-state index contributed by atoms with van der Waals surface area (Å²) in [6, 6.07) is 16.7. The number of nitrogens with zero attached hydrogens (tertiary/aromatic N) is 4. The van der Waals surface area contributed by atoms with Gasteiger partial charge in [0.2, 0.25) is 11.1 Å². The molecule has 0 radical (unpaired) electrons. The van der Waals surface area contributed by atoms with Gasteiger partial charge in [-0.1, -0.05) is 37.7 Å². The van der Waals surface area contributed by atoms with Gasteiger partial charge in [-0.25, -0.2) is 4.90 Å². The Morgan fingerprint density at radius 2 is 1.92 bits per heavy atom. The third-order valence-corrected chi connectivity index (χ3v) is 6.60. The van der Waals surface area contributed by atoms with Gasteiger partial charge in [0.15, 0.2) is 5.76 Å². The molecule has 0 aliphatic carbocycles. The van der Waals surface area contributed by atoms with Crippen LogP contribution in [0.1, 0.15) is 32.2 Å². The topological polar surface area (TPSA) is 126 Å². The molecule has 1 atom stereocenters. The lowest BCUT2D eigenvalue weighted by molar-refractivity contribution is -0.764. The van der Waals surface area contributed by atoms with Crippen LogP contribution in [-0.2, 0) is 4.79 Å². The molecule has 0 bridgehead atoms. The van der Waals surface area contributed by atoms with Crippen LogP contribution in [0.3, 0.4) is 0 Å². The van der Waals surface area contributed by atoms with Crippen molar-refractivity contribution in [3.05, 3.63) is 86.9 Å². The minimum atomic E-state index is -0.840. The second kappa shape index (κ2) is 9.42. The maximum Gasteiger partial charge on any atom is 0.325 e. The van der Waals surface area contributed by atoms with Crippen LogP contribution in [0.4, 0.5) is 11.4 Å². The molecule has 11 heteroatoms. The first-order chi connectivity index (χ1) is 17.4. The molecule has 0 saturated carbocycles. The number of hydrogen-bond donors (Lipinski definition) is 1. The van der Waals surface area contributed by atoms with E-state index in [1.54, 1.807) is 52.9 Å². The van der Waals surface area contributed by atoms with E-state index in [1.165, 1.54) is 23.9 Å². The summed E-state index contributed by atoms with van der Waals surface area (Å²) in [5, 5.41) is 16.1. The fourth-order valence-electron chi connectivity index (χ4n) is 4.27. The molecular weight excluding hydrogens is 482 g/mol. The molecule has 0 fully saturated rings. The third kappa shape index (κ3) is 3.97. The summed E-state index contributed by atoms with van der Waals surface area (Å²) in [5.41, 5.74) is 1.81. The maximum absolute atomic E-state index is 13.3. The van der Waals surface area contributed by atoms with Gasteiger partial charge in [-0.2, -0.15) is 0 Å². The number of amides is 1. The molecular formula is C25H22N5O5S+. The monoisotopic (exact) mass is 504 g/mol. The molecule has 36 heavy (non-hydrogen) atoms. The molecule has 2 aromatic heterocycles. The van der Waals surface area contributed by atoms with Crippen LogP contribution in [-0.4, -0.2) is 26.7 Å². The van der Waals surface area contributed by atoms with E-state index >= 15 is 0 Å². The Labute approximate surface area is 209 Å². The number of nitro groups is 1. The molecule has 0 spiro atoms. The number of H-pyrrole nitrogens is 1. The van der Waals surface area contributed by atoms with Crippen molar-refractivity contribution in [3.8, 4) is 22.6 Å². The van der Waals surface area contributed by atoms with Gasteiger partial charge in [-0.3, -0.25) is 24.7 Å². The summed E-state index contributed by atoms with van der Waals surface area (Å²) in [6.07, 6.45) is -0.608. The van der Waals surface area contributed by atoms with E-state index in [0.717, 1.165) is 0 Å². The van der Waals surface area contributed by atoms with Gasteiger partial charge >= 0.3 is 17.4 Å². The Morgan fingerprint density at radius 1 is 1.17 bits per heavy atom. The van der Waals surface area contributed by atoms with Gasteiger partial charge < -0.3 is 4.42 Å². The predicted octanol–water partition coefficient (Wildman–Crippen LogP) is 4.31. The Hall–Kier alpha value is -4.25. The van der Waals surface area contributed by atoms with Gasteiger partial charge in [0.1, 0.15) is 5.76 Å². The second-order valence-corrected chi connectivity index (χ2v) is 9.25. The highest BCUT2D eigenvalue weighted by Gasteiger charge is 2.47. The number of carbonyl (C=O) groups excluding carboxylic acids is 1. The quantitative estimate of drug-likeness (QED) is 0.179. The fraction of sp³-hybridized carbons (Fsp3) is 0.200. The van der Waals surface area contributed by atoms with Crippen molar-refractivity contribution in [2.45, 2.75) is 31.6 Å². The van der Waals surface area contributed by atoms with Crippen LogP contribution in [0.5, 0.6) is 0 Å². The SMILES string of the molecule is CCSc1n[n+]2c(c(=O)[nH]1)-c1ccccc1N(C(=O)CC)C2c1ccc(-c2ccc([N+](=O)[O-])cc2)o1. The normalized spacial score (nSPS) is 14.3. The highest BCUT2D eigenvalue weighted by atomic mass is 32.2. The number of para-hydroxylation sites is 1. The predicted molar refractivity (Wildman–Crippen MR) is 134 cm³/mol. The molecule has 1 unspecified atom stereocenters. The summed E-state index contributed by atoms with van der Waals surface area (Å²) in [6.45, 7) is 3.73. The molecule has 10 nitrogen and oxygen atoms in total. The lowest BCUT2D eigenvalue weighted by atomic mass is 10.0. The van der Waals surface area contributed by atoms with Crippen molar-refractivity contribution in [1.82, 2.24) is 10.1 Å². The van der Waals surface area contributed by atoms with Crippen LogP contribution in [0, 0.1) is 10.1 Å². The average molecular weight is 505 g/mol. The van der Waals surface area contributed by atoms with Gasteiger partial charge in [0.25, 0.3) is 5.69 Å². The summed E-state index contributed by atoms with van der Waals surface area (Å²) < 4.78 is 7.75. The number of carbonyl (C=O) groups is 1. The summed E-state index contributed by atoms with van der Waals surface area (Å²) in [5.74, 6) is 1.41. The number of hydrogen-bond acceptors (Lipinski definition) is 7. The van der Waals surface area contributed by atoms with E-state index < -0.39 is 11.1 Å². The van der Waals surface area contributed by atoms with Crippen molar-refractivity contribution >= 4 is 29.0 Å². The van der Waals surface area contributed by atoms with E-state index in [2.05, 4.69) is 4.98 Å². The smallest absolute Gasteiger partial charge is 0.325 e. The van der Waals surface area contributed by atoms with Crippen molar-refractivity contribution in [1.29, 1.82) is 0 Å². The van der Waals surface area contributed by atoms with E-state index in [1.807, 2.05) is 19.1 Å². The van der Waals surface area contributed by atoms with E-state index in [9.17, 15) is 19.7 Å². The first kappa shape index (κ1) is 23.5. The van der Waals surface area contributed by atoms with Crippen LogP contribution < -0.4 is 15.1 Å². The number of anilines is 1. The number of thioether (sulfide) groups is 1. The Balaban J connectivity index is 1.70. The fourth-order valence-corrected chi connectivity index (χ4v) is 4.85. The van der Waals surface area contributed by atoms with Crippen LogP contribution in [0.25, 0.3) is 22.6 Å². The minimum Gasteiger partial charge on any atom is -0.452 e. The number of nitro benzene ring substituents is 1. The van der Waals surface area contributed by atoms with E-state index in [0.29, 0.717) is 44.9 Å². The van der Waals surface area contributed by atoms with Crippen molar-refractivity contribution < 1.29 is 18.8 Å². The van der Waals surface area contributed by atoms with Crippen molar-refractivity contribution in [2.75, 3.05) is 10.7 Å². The number of aromatic nitrogens is 3. The average Bonchev–Trinajstić information content (AvgIpc) is 3.37. The van der Waals surface area contributed by atoms with Gasteiger partial charge in [0.05, 0.1) is 16.2 Å². The number of benzene rings is 2. The number of aromatic amines is 1. The Kier molecular flexibility index (Phi) is 6.15. The molecule has 1 aliphatic heterocycles. The number of nitrogens with one attached hydrogen (secondary N) is 1. The highest BCUT2D eigenvalue weighted by Crippen LogP contribution is 2.39. The zero-order valence-electron chi connectivity index (χ0n) is 19.5. The number of rotatable bonds is 6. The largest absolute Gasteiger partial charge is 0.452 e. The molecule has 0 saturated heterocycles. The molecule has 182 valence electrons. The first-order valence-electron chi connectivity index (χ1n) is 11.4. The summed E-state index contributed by atoms with van der Waals surface area (Å²) >= 11 is 1.39. The summed E-state index contributed by atoms with van der Waals surface area (Å²) in [7, 11) is 0. The molecule has 5 rings (SSSR count). The molecule has 1 amide bonds. The van der Waals surface area contributed by atoms with E-state index in [-0.39, 0.29) is 23.6 Å².